The van der Waals surface area contributed by atoms with Gasteiger partial charge >= 0.3 is 0 Å². The van der Waals surface area contributed by atoms with E-state index in [0.717, 1.165) is 49.3 Å². The van der Waals surface area contributed by atoms with E-state index in [1.807, 2.05) is 27.8 Å². The molecule has 0 spiro atoms. The van der Waals surface area contributed by atoms with Gasteiger partial charge in [0.25, 0.3) is 5.91 Å². The molecule has 0 unspecified atom stereocenters. The molecule has 1 aromatic heterocycles. The first kappa shape index (κ1) is 26.7. The van der Waals surface area contributed by atoms with Gasteiger partial charge in [-0.15, -0.1) is 0 Å². The van der Waals surface area contributed by atoms with Crippen molar-refractivity contribution in [1.29, 1.82) is 0 Å². The van der Waals surface area contributed by atoms with Crippen molar-refractivity contribution >= 4 is 17.5 Å². The predicted octanol–water partition coefficient (Wildman–Crippen LogP) is 6.81. The van der Waals surface area contributed by atoms with E-state index in [1.54, 1.807) is 24.4 Å². The molecule has 2 fully saturated rings. The van der Waals surface area contributed by atoms with E-state index >= 15 is 0 Å². The Hall–Kier alpha value is -3.55. The lowest BCUT2D eigenvalue weighted by Gasteiger charge is -2.33. The number of carbonyl (C=O) groups is 1. The third-order valence-corrected chi connectivity index (χ3v) is 8.59. The fraction of sp³-hybridized carbons (Fsp3) is 0.312. The van der Waals surface area contributed by atoms with Crippen LogP contribution in [-0.2, 0) is 6.54 Å². The van der Waals surface area contributed by atoms with Crippen molar-refractivity contribution in [2.24, 2.45) is 0 Å². The first-order valence-electron chi connectivity index (χ1n) is 13.8. The monoisotopic (exact) mass is 560 g/mol. The van der Waals surface area contributed by atoms with E-state index in [1.165, 1.54) is 29.8 Å². The molecule has 4 aromatic rings. The summed E-state index contributed by atoms with van der Waals surface area (Å²) in [4.78, 5) is 18.2. The molecule has 2 aliphatic rings. The van der Waals surface area contributed by atoms with Crippen LogP contribution in [0.3, 0.4) is 0 Å². The minimum Gasteiger partial charge on any atom is -0.338 e. The topological polar surface area (TPSA) is 41.4 Å². The highest BCUT2D eigenvalue weighted by molar-refractivity contribution is 6.31. The van der Waals surface area contributed by atoms with Gasteiger partial charge in [-0.2, -0.15) is 5.10 Å². The number of hydrogen-bond acceptors (Lipinski definition) is 3. The SMILES string of the molecule is O=C(c1cnn(-c2ccc(F)cc2)c1C1CCN(Cc2ccc(F)cc2Cl)CC1)N1CC[C@H](c2ccccc2)C1. The largest absolute Gasteiger partial charge is 0.338 e. The summed E-state index contributed by atoms with van der Waals surface area (Å²) in [6.45, 7) is 3.64. The molecule has 0 radical (unpaired) electrons. The van der Waals surface area contributed by atoms with E-state index in [0.29, 0.717) is 36.1 Å². The van der Waals surface area contributed by atoms with E-state index in [-0.39, 0.29) is 23.5 Å². The lowest BCUT2D eigenvalue weighted by atomic mass is 9.90. The number of halogens is 3. The summed E-state index contributed by atoms with van der Waals surface area (Å²) in [6, 6.07) is 21.1. The Morgan fingerprint density at radius 3 is 2.30 bits per heavy atom. The van der Waals surface area contributed by atoms with E-state index in [4.69, 9.17) is 11.6 Å². The number of carbonyl (C=O) groups excluding carboxylic acids is 1. The zero-order valence-electron chi connectivity index (χ0n) is 22.1. The third-order valence-electron chi connectivity index (χ3n) is 8.24. The Balaban J connectivity index is 1.23. The van der Waals surface area contributed by atoms with Gasteiger partial charge in [0.2, 0.25) is 0 Å². The number of piperidine rings is 1. The van der Waals surface area contributed by atoms with Crippen molar-refractivity contribution in [2.45, 2.75) is 37.6 Å². The third kappa shape index (κ3) is 5.54. The molecule has 0 bridgehead atoms. The molecule has 2 aliphatic heterocycles. The summed E-state index contributed by atoms with van der Waals surface area (Å²) in [6.07, 6.45) is 4.28. The number of nitrogens with zero attached hydrogens (tertiary/aromatic N) is 4. The van der Waals surface area contributed by atoms with Crippen molar-refractivity contribution in [3.05, 3.63) is 118 Å². The number of hydrogen-bond donors (Lipinski definition) is 0. The van der Waals surface area contributed by atoms with Gasteiger partial charge in [0.1, 0.15) is 11.6 Å². The molecule has 3 aromatic carbocycles. The normalized spacial score (nSPS) is 18.4. The zero-order valence-corrected chi connectivity index (χ0v) is 22.9. The Kier molecular flexibility index (Phi) is 7.67. The number of amides is 1. The second kappa shape index (κ2) is 11.5. The van der Waals surface area contributed by atoms with E-state index in [9.17, 15) is 13.6 Å². The van der Waals surface area contributed by atoms with Crippen molar-refractivity contribution in [1.82, 2.24) is 19.6 Å². The highest BCUT2D eigenvalue weighted by Crippen LogP contribution is 2.35. The molecule has 2 saturated heterocycles. The average molecular weight is 561 g/mol. The molecule has 8 heteroatoms. The van der Waals surface area contributed by atoms with Crippen LogP contribution in [0.2, 0.25) is 5.02 Å². The standard InChI is InChI=1S/C32H31ClF2N4O/c33-30-18-27(35)7-6-25(30)20-37-15-12-23(13-16-37)31-29(19-36-39(31)28-10-8-26(34)9-11-28)32(40)38-17-14-24(21-38)22-4-2-1-3-5-22/h1-11,18-19,23-24H,12-17,20-21H2/t24-/m0/s1. The van der Waals surface area contributed by atoms with Crippen LogP contribution in [0.1, 0.15) is 58.3 Å². The molecule has 0 N–H and O–H groups in total. The smallest absolute Gasteiger partial charge is 0.257 e. The summed E-state index contributed by atoms with van der Waals surface area (Å²) < 4.78 is 29.0. The minimum absolute atomic E-state index is 0.00214. The highest BCUT2D eigenvalue weighted by atomic mass is 35.5. The maximum absolute atomic E-state index is 13.9. The van der Waals surface area contributed by atoms with Crippen molar-refractivity contribution in [3.63, 3.8) is 0 Å². The Bertz CT molecular complexity index is 1480. The number of benzene rings is 3. The number of aromatic nitrogens is 2. The summed E-state index contributed by atoms with van der Waals surface area (Å²) in [5.74, 6) is -0.221. The second-order valence-corrected chi connectivity index (χ2v) is 11.2. The average Bonchev–Trinajstić information content (AvgIpc) is 3.64. The van der Waals surface area contributed by atoms with Gasteiger partial charge in [0, 0.05) is 36.5 Å². The maximum atomic E-state index is 13.9. The molecule has 40 heavy (non-hydrogen) atoms. The van der Waals surface area contributed by atoms with Gasteiger partial charge in [0.15, 0.2) is 0 Å². The van der Waals surface area contributed by atoms with Crippen molar-refractivity contribution in [3.8, 4) is 5.69 Å². The maximum Gasteiger partial charge on any atom is 0.257 e. The highest BCUT2D eigenvalue weighted by Gasteiger charge is 2.34. The second-order valence-electron chi connectivity index (χ2n) is 10.8. The molecule has 0 aliphatic carbocycles. The van der Waals surface area contributed by atoms with Crippen LogP contribution in [0.4, 0.5) is 8.78 Å². The predicted molar refractivity (Wildman–Crippen MR) is 152 cm³/mol. The van der Waals surface area contributed by atoms with Crippen LogP contribution in [0, 0.1) is 11.6 Å². The van der Waals surface area contributed by atoms with E-state index in [2.05, 4.69) is 22.1 Å². The quantitative estimate of drug-likeness (QED) is 0.260. The minimum atomic E-state index is -0.341. The fourth-order valence-electron chi connectivity index (χ4n) is 6.07. The first-order valence-corrected chi connectivity index (χ1v) is 14.2. The van der Waals surface area contributed by atoms with Crippen molar-refractivity contribution < 1.29 is 13.6 Å². The Morgan fingerprint density at radius 1 is 0.875 bits per heavy atom. The zero-order chi connectivity index (χ0) is 27.6. The lowest BCUT2D eigenvalue weighted by Crippen LogP contribution is -2.34. The molecule has 5 nitrogen and oxygen atoms in total. The van der Waals surface area contributed by atoms with Gasteiger partial charge in [-0.1, -0.05) is 48.0 Å². The molecule has 3 heterocycles. The number of rotatable bonds is 6. The summed E-state index contributed by atoms with van der Waals surface area (Å²) in [5, 5.41) is 5.08. The van der Waals surface area contributed by atoms with Gasteiger partial charge in [-0.3, -0.25) is 9.69 Å². The van der Waals surface area contributed by atoms with Crippen LogP contribution in [-0.4, -0.2) is 51.7 Å². The summed E-state index contributed by atoms with van der Waals surface area (Å²) >= 11 is 6.28. The molecule has 206 valence electrons. The molecule has 6 rings (SSSR count). The number of likely N-dealkylation sites (tertiary alicyclic amines) is 2. The Labute approximate surface area is 238 Å². The van der Waals surface area contributed by atoms with Crippen LogP contribution in [0.25, 0.3) is 5.69 Å². The van der Waals surface area contributed by atoms with Gasteiger partial charge < -0.3 is 4.90 Å². The van der Waals surface area contributed by atoms with Crippen LogP contribution < -0.4 is 0 Å². The molecule has 1 amide bonds. The molecular formula is C32H31ClF2N4O. The Morgan fingerprint density at radius 2 is 1.57 bits per heavy atom. The molecule has 1 atom stereocenters. The van der Waals surface area contributed by atoms with Gasteiger partial charge in [-0.05, 0) is 79.9 Å². The molecular weight excluding hydrogens is 530 g/mol. The van der Waals surface area contributed by atoms with E-state index < -0.39 is 0 Å². The van der Waals surface area contributed by atoms with Gasteiger partial charge in [0.05, 0.1) is 23.1 Å². The molecule has 0 saturated carbocycles. The van der Waals surface area contributed by atoms with Crippen LogP contribution in [0.15, 0.2) is 79.0 Å². The van der Waals surface area contributed by atoms with Crippen LogP contribution >= 0.6 is 11.6 Å². The van der Waals surface area contributed by atoms with Crippen LogP contribution in [0.5, 0.6) is 0 Å². The first-order chi connectivity index (χ1) is 19.5. The van der Waals surface area contributed by atoms with Crippen molar-refractivity contribution in [2.75, 3.05) is 26.2 Å². The van der Waals surface area contributed by atoms with Gasteiger partial charge in [-0.25, -0.2) is 13.5 Å². The lowest BCUT2D eigenvalue weighted by molar-refractivity contribution is 0.0788. The summed E-state index contributed by atoms with van der Waals surface area (Å²) in [5.41, 5.74) is 4.40. The fourth-order valence-corrected chi connectivity index (χ4v) is 6.30. The summed E-state index contributed by atoms with van der Waals surface area (Å²) in [7, 11) is 0.